The van der Waals surface area contributed by atoms with E-state index in [2.05, 4.69) is 23.3 Å². The zero-order valence-corrected chi connectivity index (χ0v) is 18.8. The number of nitrogens with one attached hydrogen (secondary N) is 1. The van der Waals surface area contributed by atoms with Crippen molar-refractivity contribution in [2.24, 2.45) is 4.99 Å². The van der Waals surface area contributed by atoms with Gasteiger partial charge < -0.3 is 5.32 Å². The minimum Gasteiger partial charge on any atom is -0.350 e. The summed E-state index contributed by atoms with van der Waals surface area (Å²) < 4.78 is 0. The summed E-state index contributed by atoms with van der Waals surface area (Å²) in [4.78, 5) is 34.1. The monoisotopic (exact) mass is 437 g/mol. The Labute approximate surface area is 184 Å². The largest absolute Gasteiger partial charge is 0.350 e. The number of aryl methyl sites for hydroxylation is 2. The molecule has 0 fully saturated rings. The third kappa shape index (κ3) is 4.08. The number of rotatable bonds is 5. The highest BCUT2D eigenvalue weighted by atomic mass is 32.1. The van der Waals surface area contributed by atoms with Gasteiger partial charge in [-0.15, -0.1) is 22.7 Å². The standard InChI is InChI=1S/C23H23N3O2S2/c1-14-6-4-7-17(10-14)22-21-15(2)16(3)30-23(21)26(20(28)12-25-22)13-19(27)24-11-18-8-5-9-29-18/h4-10H,11-13H2,1-3H3,(H,24,27). The van der Waals surface area contributed by atoms with E-state index in [1.165, 1.54) is 0 Å². The molecule has 0 saturated carbocycles. The molecule has 2 aromatic heterocycles. The number of amides is 2. The third-order valence-electron chi connectivity index (χ3n) is 5.16. The van der Waals surface area contributed by atoms with Crippen LogP contribution in [0.25, 0.3) is 0 Å². The third-order valence-corrected chi connectivity index (χ3v) is 7.26. The quantitative estimate of drug-likeness (QED) is 0.649. The first kappa shape index (κ1) is 20.5. The second kappa shape index (κ2) is 8.53. The summed E-state index contributed by atoms with van der Waals surface area (Å²) in [5.41, 5.74) is 5.02. The molecule has 0 spiro atoms. The fourth-order valence-electron chi connectivity index (χ4n) is 3.49. The number of aliphatic imine (C=N–C) groups is 1. The van der Waals surface area contributed by atoms with Crippen LogP contribution in [-0.2, 0) is 16.1 Å². The van der Waals surface area contributed by atoms with E-state index >= 15 is 0 Å². The van der Waals surface area contributed by atoms with E-state index in [1.807, 2.05) is 49.6 Å². The minimum atomic E-state index is -0.176. The molecule has 0 aliphatic carbocycles. The Morgan fingerprint density at radius 2 is 2.03 bits per heavy atom. The zero-order chi connectivity index (χ0) is 21.3. The van der Waals surface area contributed by atoms with Gasteiger partial charge in [-0.3, -0.25) is 19.5 Å². The molecule has 30 heavy (non-hydrogen) atoms. The van der Waals surface area contributed by atoms with Gasteiger partial charge in [0.25, 0.3) is 0 Å². The van der Waals surface area contributed by atoms with Crippen LogP contribution in [0.15, 0.2) is 46.8 Å². The molecule has 0 unspecified atom stereocenters. The molecule has 5 nitrogen and oxygen atoms in total. The summed E-state index contributed by atoms with van der Waals surface area (Å²) in [5.74, 6) is -0.336. The van der Waals surface area contributed by atoms with E-state index in [-0.39, 0.29) is 24.9 Å². The van der Waals surface area contributed by atoms with Gasteiger partial charge in [0.05, 0.1) is 12.3 Å². The van der Waals surface area contributed by atoms with Crippen LogP contribution in [0.3, 0.4) is 0 Å². The Kier molecular flexibility index (Phi) is 5.83. The van der Waals surface area contributed by atoms with E-state index in [0.717, 1.165) is 42.7 Å². The normalized spacial score (nSPS) is 13.6. The lowest BCUT2D eigenvalue weighted by Crippen LogP contribution is -2.41. The highest BCUT2D eigenvalue weighted by Crippen LogP contribution is 2.38. The van der Waals surface area contributed by atoms with Crippen molar-refractivity contribution in [2.75, 3.05) is 18.0 Å². The zero-order valence-electron chi connectivity index (χ0n) is 17.2. The SMILES string of the molecule is Cc1cccc(C2=NCC(=O)N(CC(=O)NCc3cccs3)c3sc(C)c(C)c32)c1. The second-order valence-corrected chi connectivity index (χ2v) is 9.57. The van der Waals surface area contributed by atoms with E-state index in [1.54, 1.807) is 27.6 Å². The Hall–Kier alpha value is -2.77. The fourth-order valence-corrected chi connectivity index (χ4v) is 5.31. The first-order chi connectivity index (χ1) is 14.4. The van der Waals surface area contributed by atoms with Gasteiger partial charge in [-0.25, -0.2) is 0 Å². The summed E-state index contributed by atoms with van der Waals surface area (Å²) in [6.07, 6.45) is 0. The van der Waals surface area contributed by atoms with Crippen molar-refractivity contribution in [2.45, 2.75) is 27.3 Å². The van der Waals surface area contributed by atoms with Gasteiger partial charge in [-0.05, 0) is 43.8 Å². The van der Waals surface area contributed by atoms with Gasteiger partial charge in [0, 0.05) is 20.9 Å². The van der Waals surface area contributed by atoms with Crippen LogP contribution in [0.4, 0.5) is 5.00 Å². The molecule has 0 bridgehead atoms. The van der Waals surface area contributed by atoms with Crippen LogP contribution in [0.1, 0.15) is 32.0 Å². The number of fused-ring (bicyclic) bond motifs is 1. The maximum absolute atomic E-state index is 13.0. The number of anilines is 1. The van der Waals surface area contributed by atoms with Crippen LogP contribution < -0.4 is 10.2 Å². The van der Waals surface area contributed by atoms with Crippen molar-refractivity contribution >= 4 is 45.2 Å². The molecule has 0 radical (unpaired) electrons. The van der Waals surface area contributed by atoms with Gasteiger partial charge in [0.15, 0.2) is 0 Å². The summed E-state index contributed by atoms with van der Waals surface area (Å²) in [7, 11) is 0. The van der Waals surface area contributed by atoms with Crippen molar-refractivity contribution < 1.29 is 9.59 Å². The Balaban J connectivity index is 1.65. The van der Waals surface area contributed by atoms with Gasteiger partial charge in [0.2, 0.25) is 11.8 Å². The number of benzene rings is 1. The fraction of sp³-hybridized carbons (Fsp3) is 0.261. The minimum absolute atomic E-state index is 0.00673. The highest BCUT2D eigenvalue weighted by Gasteiger charge is 2.30. The van der Waals surface area contributed by atoms with E-state index in [4.69, 9.17) is 0 Å². The molecular weight excluding hydrogens is 414 g/mol. The second-order valence-electron chi connectivity index (χ2n) is 7.33. The molecule has 3 aromatic rings. The number of thiophene rings is 2. The molecule has 4 rings (SSSR count). The lowest BCUT2D eigenvalue weighted by molar-refractivity contribution is -0.123. The van der Waals surface area contributed by atoms with Gasteiger partial charge in [0.1, 0.15) is 18.1 Å². The molecule has 0 atom stereocenters. The smallest absolute Gasteiger partial charge is 0.249 e. The molecular formula is C23H23N3O2S2. The molecule has 2 amide bonds. The summed E-state index contributed by atoms with van der Waals surface area (Å²) in [6, 6.07) is 12.1. The lowest BCUT2D eigenvalue weighted by atomic mass is 9.98. The van der Waals surface area contributed by atoms with Gasteiger partial charge in [-0.1, -0.05) is 29.8 Å². The highest BCUT2D eigenvalue weighted by molar-refractivity contribution is 7.17. The van der Waals surface area contributed by atoms with Crippen LogP contribution in [0, 0.1) is 20.8 Å². The Morgan fingerprint density at radius 3 is 2.77 bits per heavy atom. The maximum atomic E-state index is 13.0. The summed E-state index contributed by atoms with van der Waals surface area (Å²) in [5, 5.41) is 5.70. The average molecular weight is 438 g/mol. The number of nitrogens with zero attached hydrogens (tertiary/aromatic N) is 2. The van der Waals surface area contributed by atoms with E-state index in [0.29, 0.717) is 6.54 Å². The molecule has 0 saturated heterocycles. The van der Waals surface area contributed by atoms with Crippen molar-refractivity contribution in [3.8, 4) is 0 Å². The van der Waals surface area contributed by atoms with Gasteiger partial charge >= 0.3 is 0 Å². The Bertz CT molecular complexity index is 1130. The van der Waals surface area contributed by atoms with Gasteiger partial charge in [-0.2, -0.15) is 0 Å². The molecule has 1 N–H and O–H groups in total. The van der Waals surface area contributed by atoms with Crippen molar-refractivity contribution in [3.63, 3.8) is 0 Å². The van der Waals surface area contributed by atoms with Crippen molar-refractivity contribution in [1.82, 2.24) is 5.32 Å². The summed E-state index contributed by atoms with van der Waals surface area (Å²) >= 11 is 3.14. The average Bonchev–Trinajstić information content (AvgIpc) is 3.31. The first-order valence-electron chi connectivity index (χ1n) is 9.75. The maximum Gasteiger partial charge on any atom is 0.249 e. The van der Waals surface area contributed by atoms with Crippen LogP contribution >= 0.6 is 22.7 Å². The van der Waals surface area contributed by atoms with Crippen molar-refractivity contribution in [1.29, 1.82) is 0 Å². The molecule has 1 aromatic carbocycles. The van der Waals surface area contributed by atoms with Crippen LogP contribution in [0.2, 0.25) is 0 Å². The number of carbonyl (C=O) groups excluding carboxylic acids is 2. The van der Waals surface area contributed by atoms with Crippen LogP contribution in [-0.4, -0.2) is 30.6 Å². The molecule has 154 valence electrons. The predicted octanol–water partition coefficient (Wildman–Crippen LogP) is 4.24. The number of hydrogen-bond acceptors (Lipinski definition) is 5. The first-order valence-corrected chi connectivity index (χ1v) is 11.4. The molecule has 1 aliphatic heterocycles. The van der Waals surface area contributed by atoms with Crippen LogP contribution in [0.5, 0.6) is 0 Å². The predicted molar refractivity (Wildman–Crippen MR) is 124 cm³/mol. The molecule has 3 heterocycles. The lowest BCUT2D eigenvalue weighted by Gasteiger charge is -2.20. The van der Waals surface area contributed by atoms with E-state index < -0.39 is 0 Å². The van der Waals surface area contributed by atoms with E-state index in [9.17, 15) is 9.59 Å². The number of hydrogen-bond donors (Lipinski definition) is 1. The summed E-state index contributed by atoms with van der Waals surface area (Å²) in [6.45, 7) is 6.64. The molecule has 1 aliphatic rings. The number of carbonyl (C=O) groups is 2. The topological polar surface area (TPSA) is 61.8 Å². The molecule has 7 heteroatoms. The van der Waals surface area contributed by atoms with Crippen molar-refractivity contribution in [3.05, 3.63) is 73.8 Å². The Morgan fingerprint density at radius 1 is 1.20 bits per heavy atom.